The van der Waals surface area contributed by atoms with Gasteiger partial charge in [-0.2, -0.15) is 0 Å². The number of methoxy groups -OCH3 is 1. The number of hydrogen-bond donors (Lipinski definition) is 3. The van der Waals surface area contributed by atoms with E-state index in [9.17, 15) is 14.7 Å². The summed E-state index contributed by atoms with van der Waals surface area (Å²) in [6, 6.07) is 16.1. The number of hydrogen-bond acceptors (Lipinski definition) is 5. The van der Waals surface area contributed by atoms with E-state index in [-0.39, 0.29) is 18.9 Å². The molecule has 0 saturated heterocycles. The van der Waals surface area contributed by atoms with Crippen molar-refractivity contribution in [2.24, 2.45) is 17.1 Å². The van der Waals surface area contributed by atoms with E-state index < -0.39 is 23.3 Å². The summed E-state index contributed by atoms with van der Waals surface area (Å²) in [5.74, 6) is 0.00288. The van der Waals surface area contributed by atoms with Crippen LogP contribution in [0.4, 0.5) is 0 Å². The minimum Gasteiger partial charge on any atom is -0.497 e. The molecule has 1 aliphatic carbocycles. The molecule has 0 heterocycles. The second-order valence-corrected chi connectivity index (χ2v) is 12.2. The van der Waals surface area contributed by atoms with Gasteiger partial charge in [0.2, 0.25) is 11.8 Å². The van der Waals surface area contributed by atoms with Gasteiger partial charge in [-0.25, -0.2) is 0 Å². The lowest BCUT2D eigenvalue weighted by molar-refractivity contribution is -0.132. The molecule has 0 saturated carbocycles. The zero-order chi connectivity index (χ0) is 31.6. The van der Waals surface area contributed by atoms with Gasteiger partial charge < -0.3 is 25.8 Å². The van der Waals surface area contributed by atoms with Crippen LogP contribution in [0.15, 0.2) is 71.8 Å². The van der Waals surface area contributed by atoms with Crippen LogP contribution >= 0.6 is 0 Å². The van der Waals surface area contributed by atoms with Gasteiger partial charge in [-0.1, -0.05) is 81.8 Å². The molecule has 0 spiro atoms. The van der Waals surface area contributed by atoms with Gasteiger partial charge in [-0.15, -0.1) is 0 Å². The first-order chi connectivity index (χ1) is 20.5. The van der Waals surface area contributed by atoms with E-state index in [1.807, 2.05) is 48.2 Å². The molecule has 3 atom stereocenters. The molecule has 2 aromatic carbocycles. The number of carbonyl (C=O) groups excluding carboxylic acids is 2. The summed E-state index contributed by atoms with van der Waals surface area (Å²) >= 11 is 0. The van der Waals surface area contributed by atoms with E-state index in [0.29, 0.717) is 37.5 Å². The summed E-state index contributed by atoms with van der Waals surface area (Å²) in [4.78, 5) is 29.2. The van der Waals surface area contributed by atoms with Crippen LogP contribution in [0.2, 0.25) is 0 Å². The molecule has 43 heavy (non-hydrogen) atoms. The molecule has 2 aromatic rings. The number of nitrogens with two attached hydrogens (primary N) is 1. The number of primary amides is 1. The van der Waals surface area contributed by atoms with Crippen molar-refractivity contribution in [2.75, 3.05) is 26.7 Å². The predicted molar refractivity (Wildman–Crippen MR) is 174 cm³/mol. The monoisotopic (exact) mass is 589 g/mol. The van der Waals surface area contributed by atoms with Crippen LogP contribution in [0.25, 0.3) is 0 Å². The molecule has 0 fully saturated rings. The minimum atomic E-state index is -1.23. The van der Waals surface area contributed by atoms with Crippen LogP contribution in [0.3, 0.4) is 0 Å². The minimum absolute atomic E-state index is 0.0625. The van der Waals surface area contributed by atoms with Crippen LogP contribution in [-0.2, 0) is 22.6 Å². The molecular formula is C36H51N3O4. The Kier molecular flexibility index (Phi) is 12.6. The summed E-state index contributed by atoms with van der Waals surface area (Å²) in [6.07, 6.45) is 5.14. The smallest absolute Gasteiger partial charge is 0.249 e. The zero-order valence-corrected chi connectivity index (χ0v) is 26.9. The average Bonchev–Trinajstić information content (AvgIpc) is 2.99. The predicted octanol–water partition coefficient (Wildman–Crippen LogP) is 5.52. The molecule has 0 aliphatic heterocycles. The second-order valence-electron chi connectivity index (χ2n) is 12.2. The SMILES string of the molecule is CCCN(CCC)C(=O)C1=CC(C)=CC(C(N)=O)([C@H](Cc2ccc(C(C)C)cc2)[C@@H](O)CNCc2cccc(OC)c2)C1. The Labute approximate surface area is 258 Å². The molecule has 1 unspecified atom stereocenters. The van der Waals surface area contributed by atoms with E-state index in [1.54, 1.807) is 7.11 Å². The molecular weight excluding hydrogens is 538 g/mol. The van der Waals surface area contributed by atoms with Crippen molar-refractivity contribution >= 4 is 11.8 Å². The number of ether oxygens (including phenoxy) is 1. The third-order valence-electron chi connectivity index (χ3n) is 8.42. The van der Waals surface area contributed by atoms with Crippen molar-refractivity contribution in [3.05, 3.63) is 88.5 Å². The quantitative estimate of drug-likeness (QED) is 0.239. The number of aliphatic hydroxyl groups excluding tert-OH is 1. The van der Waals surface area contributed by atoms with Gasteiger partial charge in [0.05, 0.1) is 18.6 Å². The third kappa shape index (κ3) is 8.80. The molecule has 0 bridgehead atoms. The van der Waals surface area contributed by atoms with Gasteiger partial charge in [0.15, 0.2) is 0 Å². The van der Waals surface area contributed by atoms with Crippen LogP contribution in [0.1, 0.15) is 76.5 Å². The highest BCUT2D eigenvalue weighted by Crippen LogP contribution is 2.44. The Bertz CT molecular complexity index is 1280. The summed E-state index contributed by atoms with van der Waals surface area (Å²) < 4.78 is 5.34. The maximum absolute atomic E-state index is 13.8. The summed E-state index contributed by atoms with van der Waals surface area (Å²) in [5.41, 5.74) is 9.64. The van der Waals surface area contributed by atoms with Gasteiger partial charge in [-0.05, 0) is 67.3 Å². The Morgan fingerprint density at radius 2 is 1.74 bits per heavy atom. The number of rotatable bonds is 16. The lowest BCUT2D eigenvalue weighted by atomic mass is 9.63. The topological polar surface area (TPSA) is 105 Å². The van der Waals surface area contributed by atoms with Crippen molar-refractivity contribution in [1.29, 1.82) is 0 Å². The summed E-state index contributed by atoms with van der Waals surface area (Å²) in [5, 5.41) is 15.2. The maximum Gasteiger partial charge on any atom is 0.249 e. The number of nitrogens with zero attached hydrogens (tertiary/aromatic N) is 1. The molecule has 7 heteroatoms. The first-order valence-electron chi connectivity index (χ1n) is 15.6. The van der Waals surface area contributed by atoms with E-state index >= 15 is 0 Å². The third-order valence-corrected chi connectivity index (χ3v) is 8.42. The average molecular weight is 590 g/mol. The molecule has 2 amide bonds. The van der Waals surface area contributed by atoms with Crippen molar-refractivity contribution in [3.63, 3.8) is 0 Å². The fraction of sp³-hybridized carbons (Fsp3) is 0.500. The van der Waals surface area contributed by atoms with Crippen molar-refractivity contribution in [3.8, 4) is 5.75 Å². The van der Waals surface area contributed by atoms with Gasteiger partial charge in [-0.3, -0.25) is 9.59 Å². The lowest BCUT2D eigenvalue weighted by Gasteiger charge is -2.42. The van der Waals surface area contributed by atoms with Gasteiger partial charge in [0.25, 0.3) is 0 Å². The van der Waals surface area contributed by atoms with Crippen LogP contribution in [0.5, 0.6) is 5.75 Å². The van der Waals surface area contributed by atoms with Gasteiger partial charge in [0, 0.05) is 37.7 Å². The molecule has 4 N–H and O–H groups in total. The normalized spacial score (nSPS) is 18.0. The number of amides is 2. The van der Waals surface area contributed by atoms with E-state index in [4.69, 9.17) is 10.5 Å². The Balaban J connectivity index is 1.96. The molecule has 0 radical (unpaired) electrons. The van der Waals surface area contributed by atoms with Crippen LogP contribution in [0, 0.1) is 11.3 Å². The number of carbonyl (C=O) groups is 2. The van der Waals surface area contributed by atoms with Crippen LogP contribution in [-0.4, -0.2) is 54.7 Å². The highest BCUT2D eigenvalue weighted by atomic mass is 16.5. The van der Waals surface area contributed by atoms with E-state index in [0.717, 1.165) is 35.3 Å². The Hall–Kier alpha value is -3.42. The number of nitrogens with one attached hydrogen (secondary N) is 1. The molecule has 0 aromatic heterocycles. The number of allylic oxidation sites excluding steroid dienone is 2. The van der Waals surface area contributed by atoms with Crippen molar-refractivity contribution in [1.82, 2.24) is 10.2 Å². The van der Waals surface area contributed by atoms with Gasteiger partial charge >= 0.3 is 0 Å². The van der Waals surface area contributed by atoms with E-state index in [1.165, 1.54) is 5.56 Å². The van der Waals surface area contributed by atoms with Crippen molar-refractivity contribution < 1.29 is 19.4 Å². The zero-order valence-electron chi connectivity index (χ0n) is 26.9. The largest absolute Gasteiger partial charge is 0.497 e. The first-order valence-corrected chi connectivity index (χ1v) is 15.6. The molecule has 234 valence electrons. The summed E-state index contributed by atoms with van der Waals surface area (Å²) in [7, 11) is 1.63. The first kappa shape index (κ1) is 34.1. The maximum atomic E-state index is 13.8. The molecule has 7 nitrogen and oxygen atoms in total. The standard InChI is InChI=1S/C36H51N3O4/c1-7-16-39(17-8-2)34(41)30-18-26(5)21-36(22-30,35(37)42)32(20-27-12-14-29(15-13-27)25(3)4)33(40)24-38-23-28-10-9-11-31(19-28)43-6/h9-15,18-19,21,25,32-33,38,40H,7-8,16-17,20,22-24H2,1-6H3,(H2,37,42)/t32-,33+,36?/m1/s1. The summed E-state index contributed by atoms with van der Waals surface area (Å²) in [6.45, 7) is 12.4. The second kappa shape index (κ2) is 15.9. The lowest BCUT2D eigenvalue weighted by Crippen LogP contribution is -2.51. The Morgan fingerprint density at radius 1 is 1.07 bits per heavy atom. The van der Waals surface area contributed by atoms with E-state index in [2.05, 4.69) is 57.3 Å². The molecule has 1 aliphatic rings. The fourth-order valence-corrected chi connectivity index (χ4v) is 6.16. The van der Waals surface area contributed by atoms with Gasteiger partial charge in [0.1, 0.15) is 5.75 Å². The highest BCUT2D eigenvalue weighted by molar-refractivity contribution is 5.97. The highest BCUT2D eigenvalue weighted by Gasteiger charge is 2.48. The van der Waals surface area contributed by atoms with Crippen LogP contribution < -0.4 is 15.8 Å². The number of benzene rings is 2. The molecule has 3 rings (SSSR count). The Morgan fingerprint density at radius 3 is 2.33 bits per heavy atom. The van der Waals surface area contributed by atoms with Crippen molar-refractivity contribution in [2.45, 2.75) is 78.9 Å². The fourth-order valence-electron chi connectivity index (χ4n) is 6.16. The number of aliphatic hydroxyl groups is 1.